The van der Waals surface area contributed by atoms with E-state index in [0.717, 1.165) is 33.3 Å². The molecule has 0 bridgehead atoms. The van der Waals surface area contributed by atoms with Crippen molar-refractivity contribution in [1.82, 2.24) is 0 Å². The second kappa shape index (κ2) is 6.41. The van der Waals surface area contributed by atoms with Crippen LogP contribution < -0.4 is 10.5 Å². The molecule has 0 heterocycles. The zero-order valence-corrected chi connectivity index (χ0v) is 13.5. The molecular weight excluding hydrogens is 341 g/mol. The summed E-state index contributed by atoms with van der Waals surface area (Å²) < 4.78 is 6.97. The molecule has 0 saturated heterocycles. The molecule has 1 amide bonds. The Morgan fingerprint density at radius 2 is 2.00 bits per heavy atom. The molecule has 0 aliphatic carbocycles. The minimum absolute atomic E-state index is 0.0802. The van der Waals surface area contributed by atoms with Crippen molar-refractivity contribution in [2.24, 2.45) is 5.73 Å². The molecule has 1 aromatic rings. The van der Waals surface area contributed by atoms with Gasteiger partial charge >= 0.3 is 0 Å². The highest BCUT2D eigenvalue weighted by Gasteiger charge is 2.19. The van der Waals surface area contributed by atoms with Gasteiger partial charge in [-0.3, -0.25) is 4.79 Å². The van der Waals surface area contributed by atoms with Crippen LogP contribution in [-0.4, -0.2) is 12.0 Å². The van der Waals surface area contributed by atoms with Gasteiger partial charge in [-0.15, -0.1) is 0 Å². The van der Waals surface area contributed by atoms with Gasteiger partial charge in [-0.2, -0.15) is 0 Å². The normalized spacial score (nSPS) is 10.8. The third kappa shape index (κ3) is 3.16. The second-order valence-electron chi connectivity index (χ2n) is 4.44. The predicted molar refractivity (Wildman–Crippen MR) is 82.2 cm³/mol. The summed E-state index contributed by atoms with van der Waals surface area (Å²) >= 11 is 2.29. The van der Waals surface area contributed by atoms with Crippen LogP contribution in [0.2, 0.25) is 0 Å². The molecule has 0 spiro atoms. The van der Waals surface area contributed by atoms with Crippen molar-refractivity contribution in [3.8, 4) is 5.75 Å². The van der Waals surface area contributed by atoms with E-state index in [1.807, 2.05) is 26.8 Å². The lowest BCUT2D eigenvalue weighted by Gasteiger charge is -2.19. The van der Waals surface area contributed by atoms with Gasteiger partial charge in [0, 0.05) is 11.1 Å². The van der Waals surface area contributed by atoms with Crippen LogP contribution in [-0.2, 0) is 12.8 Å². The summed E-state index contributed by atoms with van der Waals surface area (Å²) in [5.41, 5.74) is 8.08. The van der Waals surface area contributed by atoms with Crippen LogP contribution in [0.1, 0.15) is 49.2 Å². The van der Waals surface area contributed by atoms with Crippen LogP contribution in [0, 0.1) is 3.57 Å². The molecule has 0 radical (unpaired) electrons. The van der Waals surface area contributed by atoms with E-state index in [-0.39, 0.29) is 12.0 Å². The highest BCUT2D eigenvalue weighted by molar-refractivity contribution is 14.1. The van der Waals surface area contributed by atoms with E-state index >= 15 is 0 Å². The van der Waals surface area contributed by atoms with Gasteiger partial charge in [0.1, 0.15) is 5.75 Å². The lowest BCUT2D eigenvalue weighted by Crippen LogP contribution is -2.18. The molecule has 100 valence electrons. The van der Waals surface area contributed by atoms with Crippen molar-refractivity contribution in [2.75, 3.05) is 0 Å². The van der Waals surface area contributed by atoms with Crippen LogP contribution >= 0.6 is 22.6 Å². The van der Waals surface area contributed by atoms with E-state index in [0.29, 0.717) is 5.56 Å². The number of benzene rings is 1. The average molecular weight is 361 g/mol. The highest BCUT2D eigenvalue weighted by Crippen LogP contribution is 2.33. The van der Waals surface area contributed by atoms with Crippen LogP contribution in [0.5, 0.6) is 5.75 Å². The number of halogens is 1. The number of ether oxygens (including phenoxy) is 1. The first-order valence-corrected chi connectivity index (χ1v) is 7.30. The molecule has 0 aromatic heterocycles. The monoisotopic (exact) mass is 361 g/mol. The van der Waals surface area contributed by atoms with Gasteiger partial charge in [0.2, 0.25) is 5.91 Å². The molecular formula is C14H20INO2. The quantitative estimate of drug-likeness (QED) is 0.819. The Hall–Kier alpha value is -0.780. The third-order valence-electron chi connectivity index (χ3n) is 2.75. The van der Waals surface area contributed by atoms with Gasteiger partial charge in [0.05, 0.1) is 9.67 Å². The first kappa shape index (κ1) is 15.3. The number of nitrogens with two attached hydrogens (primary N) is 1. The van der Waals surface area contributed by atoms with Crippen LogP contribution in [0.3, 0.4) is 0 Å². The van der Waals surface area contributed by atoms with E-state index in [1.165, 1.54) is 0 Å². The minimum atomic E-state index is -0.383. The Balaban J connectivity index is 3.52. The zero-order valence-electron chi connectivity index (χ0n) is 11.3. The smallest absolute Gasteiger partial charge is 0.249 e. The first-order valence-electron chi connectivity index (χ1n) is 6.22. The van der Waals surface area contributed by atoms with E-state index < -0.39 is 0 Å². The number of hydrogen-bond acceptors (Lipinski definition) is 2. The number of carbonyl (C=O) groups excluding carboxylic acids is 1. The number of aryl methyl sites for hydroxylation is 1. The number of carbonyl (C=O) groups is 1. The van der Waals surface area contributed by atoms with Gasteiger partial charge in [-0.05, 0) is 60.9 Å². The van der Waals surface area contributed by atoms with Crippen molar-refractivity contribution in [1.29, 1.82) is 0 Å². The van der Waals surface area contributed by atoms with Crippen molar-refractivity contribution in [3.63, 3.8) is 0 Å². The molecule has 0 fully saturated rings. The standard InChI is InChI=1S/C14H20INO2/c1-5-9-7-11(14(16)17)10(6-2)13(12(9)15)18-8(3)4/h7-8H,5-6H2,1-4H3,(H2,16,17). The van der Waals surface area contributed by atoms with Gasteiger partial charge in [-0.1, -0.05) is 13.8 Å². The topological polar surface area (TPSA) is 52.3 Å². The van der Waals surface area contributed by atoms with Gasteiger partial charge < -0.3 is 10.5 Å². The SMILES string of the molecule is CCc1cc(C(N)=O)c(CC)c(OC(C)C)c1I. The molecule has 3 nitrogen and oxygen atoms in total. The summed E-state index contributed by atoms with van der Waals surface area (Å²) in [4.78, 5) is 11.6. The van der Waals surface area contributed by atoms with Crippen molar-refractivity contribution < 1.29 is 9.53 Å². The fourth-order valence-electron chi connectivity index (χ4n) is 1.91. The molecule has 0 saturated carbocycles. The fraction of sp³-hybridized carbons (Fsp3) is 0.500. The number of hydrogen-bond donors (Lipinski definition) is 1. The largest absolute Gasteiger partial charge is 0.490 e. The fourth-order valence-corrected chi connectivity index (χ4v) is 2.90. The van der Waals surface area contributed by atoms with Crippen LogP contribution in [0.4, 0.5) is 0 Å². The Morgan fingerprint density at radius 3 is 2.39 bits per heavy atom. The Bertz CT molecular complexity index is 456. The third-order valence-corrected chi connectivity index (χ3v) is 3.94. The molecule has 0 aliphatic rings. The molecule has 1 rings (SSSR count). The summed E-state index contributed by atoms with van der Waals surface area (Å²) in [5.74, 6) is 0.438. The highest BCUT2D eigenvalue weighted by atomic mass is 127. The van der Waals surface area contributed by atoms with E-state index in [4.69, 9.17) is 10.5 Å². The minimum Gasteiger partial charge on any atom is -0.490 e. The zero-order chi connectivity index (χ0) is 13.9. The Labute approximate surface area is 122 Å². The van der Waals surface area contributed by atoms with Gasteiger partial charge in [-0.25, -0.2) is 0 Å². The summed E-state index contributed by atoms with van der Waals surface area (Å²) in [6.07, 6.45) is 1.67. The lowest BCUT2D eigenvalue weighted by atomic mass is 9.99. The number of amides is 1. The predicted octanol–water partition coefficient (Wildman–Crippen LogP) is 3.30. The second-order valence-corrected chi connectivity index (χ2v) is 5.52. The Morgan fingerprint density at radius 1 is 1.39 bits per heavy atom. The van der Waals surface area contributed by atoms with Crippen LogP contribution in [0.15, 0.2) is 6.07 Å². The molecule has 0 unspecified atom stereocenters. The number of rotatable bonds is 5. The van der Waals surface area contributed by atoms with Crippen molar-refractivity contribution >= 4 is 28.5 Å². The Kier molecular flexibility index (Phi) is 5.44. The average Bonchev–Trinajstić information content (AvgIpc) is 2.30. The van der Waals surface area contributed by atoms with Crippen LogP contribution in [0.25, 0.3) is 0 Å². The van der Waals surface area contributed by atoms with Gasteiger partial charge in [0.15, 0.2) is 0 Å². The van der Waals surface area contributed by atoms with E-state index in [9.17, 15) is 4.79 Å². The molecule has 1 aromatic carbocycles. The maximum absolute atomic E-state index is 11.6. The van der Waals surface area contributed by atoms with Gasteiger partial charge in [0.25, 0.3) is 0 Å². The summed E-state index contributed by atoms with van der Waals surface area (Å²) in [7, 11) is 0. The summed E-state index contributed by atoms with van der Waals surface area (Å²) in [6.45, 7) is 8.04. The number of primary amides is 1. The molecule has 0 atom stereocenters. The summed E-state index contributed by atoms with van der Waals surface area (Å²) in [5, 5.41) is 0. The van der Waals surface area contributed by atoms with E-state index in [1.54, 1.807) is 0 Å². The first-order chi connectivity index (χ1) is 8.42. The molecule has 2 N–H and O–H groups in total. The molecule has 18 heavy (non-hydrogen) atoms. The van der Waals surface area contributed by atoms with Crippen molar-refractivity contribution in [3.05, 3.63) is 26.3 Å². The molecule has 0 aliphatic heterocycles. The summed E-state index contributed by atoms with van der Waals surface area (Å²) in [6, 6.07) is 1.90. The van der Waals surface area contributed by atoms with Crippen molar-refractivity contribution in [2.45, 2.75) is 46.6 Å². The maximum atomic E-state index is 11.6. The molecule has 4 heteroatoms. The van der Waals surface area contributed by atoms with E-state index in [2.05, 4.69) is 29.5 Å². The maximum Gasteiger partial charge on any atom is 0.249 e. The lowest BCUT2D eigenvalue weighted by molar-refractivity contribution is 0.0998.